The van der Waals surface area contributed by atoms with Gasteiger partial charge in [0.2, 0.25) is 0 Å². The highest BCUT2D eigenvalue weighted by molar-refractivity contribution is 5.95. The van der Waals surface area contributed by atoms with E-state index in [2.05, 4.69) is 29.0 Å². The van der Waals surface area contributed by atoms with Gasteiger partial charge >= 0.3 is 0 Å². The van der Waals surface area contributed by atoms with Gasteiger partial charge in [-0.1, -0.05) is 13.8 Å². The largest absolute Gasteiger partial charge is 0.377 e. The molecule has 0 saturated carbocycles. The monoisotopic (exact) mass is 331 g/mol. The molecular weight excluding hydrogens is 302 g/mol. The van der Waals surface area contributed by atoms with Crippen LogP contribution in [0.1, 0.15) is 49.0 Å². The van der Waals surface area contributed by atoms with Gasteiger partial charge in [0.15, 0.2) is 0 Å². The Bertz CT molecular complexity index is 557. The molecule has 2 aliphatic heterocycles. The van der Waals surface area contributed by atoms with Crippen molar-refractivity contribution in [3.8, 4) is 0 Å². The first-order chi connectivity index (χ1) is 11.7. The fraction of sp³-hybridized carbons (Fsp3) is 0.684. The number of hydrogen-bond acceptors (Lipinski definition) is 4. The van der Waals surface area contributed by atoms with Crippen LogP contribution in [0.2, 0.25) is 0 Å². The molecule has 2 aliphatic rings. The number of rotatable bonds is 5. The summed E-state index contributed by atoms with van der Waals surface area (Å²) in [5.41, 5.74) is 1.78. The van der Waals surface area contributed by atoms with Crippen molar-refractivity contribution in [2.45, 2.75) is 51.7 Å². The van der Waals surface area contributed by atoms with Gasteiger partial charge in [0.25, 0.3) is 5.91 Å². The Labute approximate surface area is 144 Å². The number of ether oxygens (including phenoxy) is 1. The van der Waals surface area contributed by atoms with Crippen molar-refractivity contribution in [2.24, 2.45) is 5.92 Å². The molecule has 3 atom stereocenters. The van der Waals surface area contributed by atoms with Crippen molar-refractivity contribution in [1.29, 1.82) is 0 Å². The minimum atomic E-state index is 0.0404. The molecule has 2 saturated heterocycles. The minimum Gasteiger partial charge on any atom is -0.377 e. The van der Waals surface area contributed by atoms with Gasteiger partial charge in [-0.15, -0.1) is 0 Å². The number of nitrogens with one attached hydrogen (secondary N) is 1. The van der Waals surface area contributed by atoms with E-state index in [9.17, 15) is 4.79 Å². The number of aromatic nitrogens is 1. The standard InChI is InChI=1S/C19H29N3O2/c1-3-15-11-20-8-6-17(15)19(23)21-18-7-9-22(12-14(18)2)13-16-5-4-10-24-16/h6,8,11,14,16,18H,3-5,7,9-10,12-13H2,1-2H3,(H,21,23)/t14-,16+,18-/m1/s1. The summed E-state index contributed by atoms with van der Waals surface area (Å²) in [5, 5.41) is 3.25. The maximum atomic E-state index is 12.6. The number of likely N-dealkylation sites (tertiary alicyclic amines) is 1. The third-order valence-electron chi connectivity index (χ3n) is 5.32. The molecular formula is C19H29N3O2. The first kappa shape index (κ1) is 17.4. The lowest BCUT2D eigenvalue weighted by molar-refractivity contribution is 0.0498. The molecule has 1 amide bonds. The van der Waals surface area contributed by atoms with E-state index in [1.54, 1.807) is 12.4 Å². The Morgan fingerprint density at radius 1 is 1.46 bits per heavy atom. The van der Waals surface area contributed by atoms with E-state index in [1.165, 1.54) is 12.8 Å². The molecule has 0 spiro atoms. The average Bonchev–Trinajstić information content (AvgIpc) is 3.10. The molecule has 5 heteroatoms. The predicted molar refractivity (Wildman–Crippen MR) is 94.1 cm³/mol. The van der Waals surface area contributed by atoms with Gasteiger partial charge in [0, 0.05) is 50.2 Å². The molecule has 1 aromatic rings. The number of piperidine rings is 1. The second kappa shape index (κ2) is 8.08. The summed E-state index contributed by atoms with van der Waals surface area (Å²) < 4.78 is 5.75. The third-order valence-corrected chi connectivity index (χ3v) is 5.32. The van der Waals surface area contributed by atoms with Gasteiger partial charge < -0.3 is 15.0 Å². The maximum absolute atomic E-state index is 12.6. The van der Waals surface area contributed by atoms with E-state index < -0.39 is 0 Å². The van der Waals surface area contributed by atoms with Crippen LogP contribution in [0.25, 0.3) is 0 Å². The van der Waals surface area contributed by atoms with E-state index in [0.717, 1.165) is 50.2 Å². The second-order valence-corrected chi connectivity index (χ2v) is 7.13. The van der Waals surface area contributed by atoms with Crippen LogP contribution in [-0.2, 0) is 11.2 Å². The fourth-order valence-corrected chi connectivity index (χ4v) is 3.87. The predicted octanol–water partition coefficient (Wildman–Crippen LogP) is 2.26. The Morgan fingerprint density at radius 2 is 2.33 bits per heavy atom. The van der Waals surface area contributed by atoms with E-state index in [4.69, 9.17) is 4.74 Å². The van der Waals surface area contributed by atoms with E-state index in [1.807, 2.05) is 6.07 Å². The number of carbonyl (C=O) groups excluding carboxylic acids is 1. The first-order valence-electron chi connectivity index (χ1n) is 9.25. The SMILES string of the molecule is CCc1cnccc1C(=O)N[C@@H]1CCN(C[C@@H]2CCCO2)C[C@H]1C. The number of pyridine rings is 1. The molecule has 0 aliphatic carbocycles. The van der Waals surface area contributed by atoms with Crippen LogP contribution in [0.5, 0.6) is 0 Å². The van der Waals surface area contributed by atoms with Gasteiger partial charge in [-0.2, -0.15) is 0 Å². The molecule has 0 bridgehead atoms. The van der Waals surface area contributed by atoms with Gasteiger partial charge in [-0.05, 0) is 43.2 Å². The number of aryl methyl sites for hydroxylation is 1. The van der Waals surface area contributed by atoms with Crippen LogP contribution in [0.3, 0.4) is 0 Å². The molecule has 0 unspecified atom stereocenters. The van der Waals surface area contributed by atoms with Gasteiger partial charge in [-0.3, -0.25) is 9.78 Å². The van der Waals surface area contributed by atoms with Crippen molar-refractivity contribution < 1.29 is 9.53 Å². The zero-order chi connectivity index (χ0) is 16.9. The van der Waals surface area contributed by atoms with Gasteiger partial charge in [0.1, 0.15) is 0 Å². The highest BCUT2D eigenvalue weighted by Crippen LogP contribution is 2.21. The quantitative estimate of drug-likeness (QED) is 0.899. The van der Waals surface area contributed by atoms with Crippen LogP contribution in [0, 0.1) is 5.92 Å². The zero-order valence-corrected chi connectivity index (χ0v) is 14.8. The van der Waals surface area contributed by atoms with Crippen LogP contribution in [0.15, 0.2) is 18.5 Å². The molecule has 132 valence electrons. The molecule has 24 heavy (non-hydrogen) atoms. The Balaban J connectivity index is 1.53. The second-order valence-electron chi connectivity index (χ2n) is 7.13. The highest BCUT2D eigenvalue weighted by atomic mass is 16.5. The smallest absolute Gasteiger partial charge is 0.251 e. The minimum absolute atomic E-state index is 0.0404. The molecule has 3 rings (SSSR count). The molecule has 3 heterocycles. The van der Waals surface area contributed by atoms with Gasteiger partial charge in [-0.25, -0.2) is 0 Å². The van der Waals surface area contributed by atoms with Crippen molar-refractivity contribution >= 4 is 5.91 Å². The first-order valence-corrected chi connectivity index (χ1v) is 9.25. The normalized spacial score (nSPS) is 28.0. The van der Waals surface area contributed by atoms with E-state index in [-0.39, 0.29) is 11.9 Å². The average molecular weight is 331 g/mol. The number of hydrogen-bond donors (Lipinski definition) is 1. The summed E-state index contributed by atoms with van der Waals surface area (Å²) in [5.74, 6) is 0.495. The van der Waals surface area contributed by atoms with Crippen LogP contribution in [0.4, 0.5) is 0 Å². The van der Waals surface area contributed by atoms with Crippen molar-refractivity contribution in [3.63, 3.8) is 0 Å². The summed E-state index contributed by atoms with van der Waals surface area (Å²) >= 11 is 0. The zero-order valence-electron chi connectivity index (χ0n) is 14.8. The summed E-state index contributed by atoms with van der Waals surface area (Å²) in [4.78, 5) is 19.2. The lowest BCUT2D eigenvalue weighted by atomic mass is 9.93. The molecule has 1 N–H and O–H groups in total. The lowest BCUT2D eigenvalue weighted by Gasteiger charge is -2.38. The maximum Gasteiger partial charge on any atom is 0.251 e. The third kappa shape index (κ3) is 4.14. The van der Waals surface area contributed by atoms with Crippen LogP contribution in [-0.4, -0.2) is 54.2 Å². The summed E-state index contributed by atoms with van der Waals surface area (Å²) in [6.07, 6.45) is 8.11. The number of nitrogens with zero attached hydrogens (tertiary/aromatic N) is 2. The molecule has 0 radical (unpaired) electrons. The number of amides is 1. The van der Waals surface area contributed by atoms with Crippen molar-refractivity contribution in [2.75, 3.05) is 26.2 Å². The lowest BCUT2D eigenvalue weighted by Crippen LogP contribution is -2.51. The summed E-state index contributed by atoms with van der Waals surface area (Å²) in [6.45, 7) is 8.31. The molecule has 5 nitrogen and oxygen atoms in total. The van der Waals surface area contributed by atoms with E-state index in [0.29, 0.717) is 12.0 Å². The van der Waals surface area contributed by atoms with Crippen LogP contribution >= 0.6 is 0 Å². The topological polar surface area (TPSA) is 54.5 Å². The Kier molecular flexibility index (Phi) is 5.85. The number of carbonyl (C=O) groups is 1. The van der Waals surface area contributed by atoms with Crippen molar-refractivity contribution in [3.05, 3.63) is 29.6 Å². The molecule has 1 aromatic heterocycles. The van der Waals surface area contributed by atoms with E-state index >= 15 is 0 Å². The summed E-state index contributed by atoms with van der Waals surface area (Å²) in [6, 6.07) is 2.07. The molecule has 2 fully saturated rings. The van der Waals surface area contributed by atoms with Crippen molar-refractivity contribution in [1.82, 2.24) is 15.2 Å². The fourth-order valence-electron chi connectivity index (χ4n) is 3.87. The highest BCUT2D eigenvalue weighted by Gasteiger charge is 2.29. The Hall–Kier alpha value is -1.46. The van der Waals surface area contributed by atoms with Gasteiger partial charge in [0.05, 0.1) is 6.10 Å². The van der Waals surface area contributed by atoms with Crippen LogP contribution < -0.4 is 5.32 Å². The summed E-state index contributed by atoms with van der Waals surface area (Å²) in [7, 11) is 0. The Morgan fingerprint density at radius 3 is 3.04 bits per heavy atom. The molecule has 0 aromatic carbocycles.